The van der Waals surface area contributed by atoms with E-state index in [0.717, 1.165) is 30.9 Å². The first-order chi connectivity index (χ1) is 12.6. The maximum atomic E-state index is 12.6. The molecule has 1 fully saturated rings. The minimum atomic E-state index is -0.129. The molecule has 5 nitrogen and oxygen atoms in total. The number of amides is 1. The van der Waals surface area contributed by atoms with Crippen LogP contribution < -0.4 is 15.4 Å². The third kappa shape index (κ3) is 5.27. The highest BCUT2D eigenvalue weighted by Crippen LogP contribution is 2.31. The highest BCUT2D eigenvalue weighted by atomic mass is 35.5. The number of methoxy groups -OCH3 is 1. The van der Waals surface area contributed by atoms with E-state index in [1.165, 1.54) is 0 Å². The Labute approximate surface area is 175 Å². The molecule has 2 aromatic carbocycles. The van der Waals surface area contributed by atoms with Gasteiger partial charge >= 0.3 is 0 Å². The molecule has 0 aromatic heterocycles. The molecule has 2 N–H and O–H groups in total. The Morgan fingerprint density at radius 1 is 1.26 bits per heavy atom. The lowest BCUT2D eigenvalue weighted by atomic mass is 10.0. The summed E-state index contributed by atoms with van der Waals surface area (Å²) < 4.78 is 5.49. The molecule has 0 saturated carbocycles. The molecule has 3 rings (SSSR count). The van der Waals surface area contributed by atoms with Gasteiger partial charge in [-0.05, 0) is 18.2 Å². The number of anilines is 1. The highest BCUT2D eigenvalue weighted by molar-refractivity contribution is 6.44. The van der Waals surface area contributed by atoms with Gasteiger partial charge in [-0.1, -0.05) is 47.5 Å². The summed E-state index contributed by atoms with van der Waals surface area (Å²) in [5, 5.41) is 7.00. The second kappa shape index (κ2) is 10.2. The number of benzene rings is 2. The van der Waals surface area contributed by atoms with Gasteiger partial charge in [0.15, 0.2) is 0 Å². The van der Waals surface area contributed by atoms with Gasteiger partial charge in [0.25, 0.3) is 0 Å². The van der Waals surface area contributed by atoms with E-state index in [9.17, 15) is 4.79 Å². The molecule has 0 radical (unpaired) electrons. The van der Waals surface area contributed by atoms with Crippen LogP contribution in [0, 0.1) is 0 Å². The lowest BCUT2D eigenvalue weighted by Gasteiger charge is -2.36. The Kier molecular flexibility index (Phi) is 8.20. The van der Waals surface area contributed by atoms with Crippen molar-refractivity contribution < 1.29 is 9.53 Å². The lowest BCUT2D eigenvalue weighted by molar-refractivity contribution is -0.118. The molecule has 1 unspecified atom stereocenters. The second-order valence-corrected chi connectivity index (χ2v) is 6.87. The summed E-state index contributed by atoms with van der Waals surface area (Å²) in [6.07, 6.45) is 0. The van der Waals surface area contributed by atoms with Crippen LogP contribution in [-0.4, -0.2) is 44.1 Å². The Hall–Kier alpha value is -1.50. The average Bonchev–Trinajstić information content (AvgIpc) is 2.66. The average molecular weight is 431 g/mol. The number of para-hydroxylation sites is 1. The first-order valence-electron chi connectivity index (χ1n) is 8.41. The van der Waals surface area contributed by atoms with Gasteiger partial charge in [0.1, 0.15) is 5.75 Å². The molecule has 1 saturated heterocycles. The highest BCUT2D eigenvalue weighted by Gasteiger charge is 2.27. The van der Waals surface area contributed by atoms with Crippen molar-refractivity contribution in [3.8, 4) is 5.75 Å². The van der Waals surface area contributed by atoms with E-state index in [-0.39, 0.29) is 30.9 Å². The van der Waals surface area contributed by atoms with Crippen molar-refractivity contribution in [1.82, 2.24) is 10.2 Å². The smallest absolute Gasteiger partial charge is 0.238 e. The van der Waals surface area contributed by atoms with Crippen LogP contribution in [0.1, 0.15) is 11.6 Å². The van der Waals surface area contributed by atoms with Gasteiger partial charge in [-0.2, -0.15) is 0 Å². The summed E-state index contributed by atoms with van der Waals surface area (Å²) in [6.45, 7) is 2.61. The zero-order valence-electron chi connectivity index (χ0n) is 14.9. The Bertz CT molecular complexity index is 789. The van der Waals surface area contributed by atoms with Crippen molar-refractivity contribution >= 4 is 47.2 Å². The normalized spacial score (nSPS) is 17.1. The van der Waals surface area contributed by atoms with Crippen molar-refractivity contribution in [2.75, 3.05) is 38.6 Å². The van der Waals surface area contributed by atoms with E-state index in [1.807, 2.05) is 24.3 Å². The molecule has 8 heteroatoms. The fourth-order valence-corrected chi connectivity index (χ4v) is 3.51. The zero-order chi connectivity index (χ0) is 18.5. The first kappa shape index (κ1) is 21.8. The van der Waals surface area contributed by atoms with Gasteiger partial charge in [0.2, 0.25) is 5.91 Å². The maximum Gasteiger partial charge on any atom is 0.238 e. The van der Waals surface area contributed by atoms with Crippen LogP contribution >= 0.6 is 35.6 Å². The van der Waals surface area contributed by atoms with Crippen LogP contribution in [0.2, 0.25) is 10.0 Å². The number of halogens is 3. The third-order valence-electron chi connectivity index (χ3n) is 4.42. The Balaban J connectivity index is 0.00000261. The number of hydrogen-bond donors (Lipinski definition) is 2. The number of nitrogens with zero attached hydrogens (tertiary/aromatic N) is 1. The van der Waals surface area contributed by atoms with Crippen molar-refractivity contribution in [3.05, 3.63) is 58.1 Å². The first-order valence-corrected chi connectivity index (χ1v) is 9.17. The predicted octanol–water partition coefficient (Wildman–Crippen LogP) is 4.01. The number of rotatable bonds is 5. The number of carbonyl (C=O) groups excluding carboxylic acids is 1. The van der Waals surface area contributed by atoms with E-state index in [4.69, 9.17) is 27.9 Å². The number of nitrogens with one attached hydrogen (secondary N) is 2. The van der Waals surface area contributed by atoms with E-state index >= 15 is 0 Å². The van der Waals surface area contributed by atoms with Crippen LogP contribution in [-0.2, 0) is 4.79 Å². The van der Waals surface area contributed by atoms with E-state index in [1.54, 1.807) is 25.3 Å². The fourth-order valence-electron chi connectivity index (χ4n) is 3.16. The van der Waals surface area contributed by atoms with Crippen LogP contribution in [0.3, 0.4) is 0 Å². The molecular formula is C19H22Cl3N3O2. The standard InChI is InChI=1S/C19H21Cl2N3O2.ClH/c1-26-17-8-3-2-5-13(17)16-11-22-9-10-24(16)12-18(25)23-15-7-4-6-14(20)19(15)21;/h2-8,16,22H,9-12H2,1H3,(H,23,25);1H. The fraction of sp³-hybridized carbons (Fsp3) is 0.316. The van der Waals surface area contributed by atoms with Crippen molar-refractivity contribution in [2.45, 2.75) is 6.04 Å². The molecule has 27 heavy (non-hydrogen) atoms. The topological polar surface area (TPSA) is 53.6 Å². The summed E-state index contributed by atoms with van der Waals surface area (Å²) in [7, 11) is 1.66. The number of ether oxygens (including phenoxy) is 1. The molecule has 1 aliphatic heterocycles. The second-order valence-electron chi connectivity index (χ2n) is 6.08. The SMILES string of the molecule is COc1ccccc1C1CNCCN1CC(=O)Nc1cccc(Cl)c1Cl.Cl. The molecular weight excluding hydrogens is 409 g/mol. The predicted molar refractivity (Wildman–Crippen MR) is 113 cm³/mol. The summed E-state index contributed by atoms with van der Waals surface area (Å²) in [5.74, 6) is 0.695. The van der Waals surface area contributed by atoms with E-state index in [2.05, 4.69) is 15.5 Å². The monoisotopic (exact) mass is 429 g/mol. The van der Waals surface area contributed by atoms with Gasteiger partial charge in [-0.3, -0.25) is 9.69 Å². The summed E-state index contributed by atoms with van der Waals surface area (Å²) in [4.78, 5) is 14.7. The van der Waals surface area contributed by atoms with Crippen molar-refractivity contribution in [1.29, 1.82) is 0 Å². The molecule has 0 aliphatic carbocycles. The lowest BCUT2D eigenvalue weighted by Crippen LogP contribution is -2.48. The molecule has 0 bridgehead atoms. The molecule has 1 heterocycles. The van der Waals surface area contributed by atoms with Crippen molar-refractivity contribution in [3.63, 3.8) is 0 Å². The van der Waals surface area contributed by atoms with Gasteiger partial charge < -0.3 is 15.4 Å². The number of piperazine rings is 1. The minimum absolute atomic E-state index is 0. The Morgan fingerprint density at radius 2 is 2.04 bits per heavy atom. The Morgan fingerprint density at radius 3 is 2.81 bits per heavy atom. The minimum Gasteiger partial charge on any atom is -0.496 e. The van der Waals surface area contributed by atoms with Crippen LogP contribution in [0.4, 0.5) is 5.69 Å². The summed E-state index contributed by atoms with van der Waals surface area (Å²) in [6, 6.07) is 13.1. The largest absolute Gasteiger partial charge is 0.496 e. The summed E-state index contributed by atoms with van der Waals surface area (Å²) in [5.41, 5.74) is 1.59. The molecule has 1 atom stereocenters. The molecule has 1 aliphatic rings. The summed E-state index contributed by atoms with van der Waals surface area (Å²) >= 11 is 12.2. The molecule has 1 amide bonds. The molecule has 0 spiro atoms. The number of hydrogen-bond acceptors (Lipinski definition) is 4. The zero-order valence-corrected chi connectivity index (χ0v) is 17.2. The van der Waals surface area contributed by atoms with Crippen molar-refractivity contribution in [2.24, 2.45) is 0 Å². The number of carbonyl (C=O) groups is 1. The third-order valence-corrected chi connectivity index (χ3v) is 5.24. The van der Waals surface area contributed by atoms with E-state index < -0.39 is 0 Å². The molecule has 2 aromatic rings. The van der Waals surface area contributed by atoms with Gasteiger partial charge in [0, 0.05) is 25.2 Å². The van der Waals surface area contributed by atoms with Gasteiger partial charge in [-0.25, -0.2) is 0 Å². The molecule has 146 valence electrons. The van der Waals surface area contributed by atoms with Crippen LogP contribution in [0.15, 0.2) is 42.5 Å². The van der Waals surface area contributed by atoms with Gasteiger partial charge in [0.05, 0.1) is 35.4 Å². The van der Waals surface area contributed by atoms with Crippen LogP contribution in [0.5, 0.6) is 5.75 Å². The quantitative estimate of drug-likeness (QED) is 0.752. The van der Waals surface area contributed by atoms with Crippen LogP contribution in [0.25, 0.3) is 0 Å². The van der Waals surface area contributed by atoms with E-state index in [0.29, 0.717) is 15.7 Å². The maximum absolute atomic E-state index is 12.6. The van der Waals surface area contributed by atoms with Gasteiger partial charge in [-0.15, -0.1) is 12.4 Å².